The second kappa shape index (κ2) is 8.67. The standard InChI is InChI=1S/C17H17Cl3N2O5S/c18-17(19,20)8-27-16(26)13-10(23)7-28-15-12(14(25)22(13)15)21-11(24)6-9-4-2-1-3-5-9/h1-5,10,12-13,15,23H,6-8H2,(H,21,24)/t10?,12-,13?,15+/m1/s1. The third-order valence-electron chi connectivity index (χ3n) is 4.33. The topological polar surface area (TPSA) is 95.9 Å². The lowest BCUT2D eigenvalue weighted by atomic mass is 9.99. The number of nitrogens with one attached hydrogen (secondary N) is 1. The minimum Gasteiger partial charge on any atom is -0.460 e. The van der Waals surface area contributed by atoms with Gasteiger partial charge in [-0.1, -0.05) is 65.1 Å². The molecule has 3 rings (SSSR count). The van der Waals surface area contributed by atoms with E-state index in [0.29, 0.717) is 0 Å². The van der Waals surface area contributed by atoms with Crippen LogP contribution in [0.3, 0.4) is 0 Å². The van der Waals surface area contributed by atoms with Crippen LogP contribution in [0.25, 0.3) is 0 Å². The van der Waals surface area contributed by atoms with Crippen molar-refractivity contribution >= 4 is 64.3 Å². The lowest BCUT2D eigenvalue weighted by molar-refractivity contribution is -0.171. The Balaban J connectivity index is 1.61. The first kappa shape index (κ1) is 21.5. The third-order valence-corrected chi connectivity index (χ3v) is 6.03. The zero-order valence-corrected chi connectivity index (χ0v) is 17.5. The van der Waals surface area contributed by atoms with Gasteiger partial charge in [-0.3, -0.25) is 9.59 Å². The van der Waals surface area contributed by atoms with Crippen LogP contribution in [0, 0.1) is 0 Å². The van der Waals surface area contributed by atoms with Gasteiger partial charge in [-0.05, 0) is 5.56 Å². The molecule has 7 nitrogen and oxygen atoms in total. The molecule has 0 aromatic heterocycles. The molecule has 2 amide bonds. The molecular weight excluding hydrogens is 451 g/mol. The monoisotopic (exact) mass is 466 g/mol. The van der Waals surface area contributed by atoms with Crippen LogP contribution < -0.4 is 5.32 Å². The van der Waals surface area contributed by atoms with Crippen molar-refractivity contribution in [2.75, 3.05) is 12.4 Å². The highest BCUT2D eigenvalue weighted by atomic mass is 35.6. The van der Waals surface area contributed by atoms with E-state index in [-0.39, 0.29) is 18.1 Å². The number of carbonyl (C=O) groups excluding carboxylic acids is 3. The average Bonchev–Trinajstić information content (AvgIpc) is 2.64. The van der Waals surface area contributed by atoms with Gasteiger partial charge in [0.25, 0.3) is 0 Å². The number of esters is 1. The number of aliphatic hydroxyl groups excluding tert-OH is 1. The summed E-state index contributed by atoms with van der Waals surface area (Å²) in [5, 5.41) is 12.4. The minimum absolute atomic E-state index is 0.138. The highest BCUT2D eigenvalue weighted by Crippen LogP contribution is 2.39. The molecule has 2 N–H and O–H groups in total. The Labute approximate surface area is 180 Å². The van der Waals surface area contributed by atoms with Crippen LogP contribution in [0.15, 0.2) is 30.3 Å². The first-order valence-electron chi connectivity index (χ1n) is 8.36. The lowest BCUT2D eigenvalue weighted by Gasteiger charge is -2.53. The number of halogens is 3. The number of amides is 2. The van der Waals surface area contributed by atoms with E-state index in [9.17, 15) is 19.5 Å². The predicted molar refractivity (Wildman–Crippen MR) is 106 cm³/mol. The Hall–Kier alpha value is -1.19. The van der Waals surface area contributed by atoms with Gasteiger partial charge in [0.2, 0.25) is 15.6 Å². The van der Waals surface area contributed by atoms with Crippen LogP contribution >= 0.6 is 46.6 Å². The second-order valence-electron chi connectivity index (χ2n) is 6.41. The summed E-state index contributed by atoms with van der Waals surface area (Å²) in [5.74, 6) is -1.42. The molecule has 0 bridgehead atoms. The molecule has 11 heteroatoms. The molecule has 0 spiro atoms. The summed E-state index contributed by atoms with van der Waals surface area (Å²) < 4.78 is 3.13. The van der Waals surface area contributed by atoms with Crippen molar-refractivity contribution in [1.29, 1.82) is 0 Å². The smallest absolute Gasteiger partial charge is 0.331 e. The van der Waals surface area contributed by atoms with Crippen LogP contribution in [0.1, 0.15) is 5.56 Å². The maximum Gasteiger partial charge on any atom is 0.331 e. The number of rotatable bonds is 5. The number of thioether (sulfide) groups is 1. The molecule has 0 radical (unpaired) electrons. The molecule has 2 aliphatic heterocycles. The fourth-order valence-electron chi connectivity index (χ4n) is 3.08. The van der Waals surface area contributed by atoms with Crippen molar-refractivity contribution in [2.24, 2.45) is 0 Å². The number of alkyl halides is 3. The molecule has 28 heavy (non-hydrogen) atoms. The van der Waals surface area contributed by atoms with Crippen LogP contribution in [0.2, 0.25) is 0 Å². The first-order valence-corrected chi connectivity index (χ1v) is 10.5. The van der Waals surface area contributed by atoms with E-state index >= 15 is 0 Å². The maximum absolute atomic E-state index is 12.5. The number of benzene rings is 1. The number of hydrogen-bond acceptors (Lipinski definition) is 6. The van der Waals surface area contributed by atoms with Gasteiger partial charge >= 0.3 is 5.97 Å². The molecule has 0 aliphatic carbocycles. The number of carbonyl (C=O) groups is 3. The van der Waals surface area contributed by atoms with E-state index in [1.165, 1.54) is 16.7 Å². The predicted octanol–water partition coefficient (Wildman–Crippen LogP) is 1.27. The largest absolute Gasteiger partial charge is 0.460 e. The first-order chi connectivity index (χ1) is 13.2. The van der Waals surface area contributed by atoms with Crippen molar-refractivity contribution in [3.63, 3.8) is 0 Å². The normalized spacial score (nSPS) is 26.9. The number of hydrogen-bond donors (Lipinski definition) is 2. The van der Waals surface area contributed by atoms with Gasteiger partial charge in [0.1, 0.15) is 18.0 Å². The Morgan fingerprint density at radius 1 is 1.29 bits per heavy atom. The Bertz CT molecular complexity index is 761. The van der Waals surface area contributed by atoms with Crippen LogP contribution in [0.5, 0.6) is 0 Å². The highest BCUT2D eigenvalue weighted by molar-refractivity contribution is 8.00. The summed E-state index contributed by atoms with van der Waals surface area (Å²) in [4.78, 5) is 38.3. The quantitative estimate of drug-likeness (QED) is 0.385. The molecular formula is C17H17Cl3N2O5S. The summed E-state index contributed by atoms with van der Waals surface area (Å²) in [7, 11) is 0. The molecule has 0 saturated carbocycles. The molecule has 2 unspecified atom stereocenters. The number of nitrogens with zero attached hydrogens (tertiary/aromatic N) is 1. The minimum atomic E-state index is -1.80. The van der Waals surface area contributed by atoms with Crippen molar-refractivity contribution in [3.8, 4) is 0 Å². The number of β-lactam (4-membered cyclic amide) rings is 1. The van der Waals surface area contributed by atoms with Gasteiger partial charge < -0.3 is 20.1 Å². The molecule has 2 saturated heterocycles. The maximum atomic E-state index is 12.5. The van der Waals surface area contributed by atoms with E-state index < -0.39 is 45.8 Å². The summed E-state index contributed by atoms with van der Waals surface area (Å²) in [6.45, 7) is -0.503. The number of aliphatic hydroxyl groups is 1. The molecule has 1 aromatic carbocycles. The van der Waals surface area contributed by atoms with Crippen LogP contribution in [-0.2, 0) is 25.5 Å². The fourth-order valence-corrected chi connectivity index (χ4v) is 4.59. The zero-order valence-electron chi connectivity index (χ0n) is 14.4. The summed E-state index contributed by atoms with van der Waals surface area (Å²) in [6.07, 6.45) is -0.978. The van der Waals surface area contributed by atoms with E-state index in [0.717, 1.165) is 5.56 Å². The molecule has 2 heterocycles. The van der Waals surface area contributed by atoms with Gasteiger partial charge in [0.05, 0.1) is 12.5 Å². The summed E-state index contributed by atoms with van der Waals surface area (Å²) in [6, 6.07) is 7.16. The second-order valence-corrected chi connectivity index (χ2v) is 10.1. The van der Waals surface area contributed by atoms with E-state index in [1.807, 2.05) is 30.3 Å². The SMILES string of the molecule is O=C(Cc1ccccc1)N[C@@H]1C(=O)N2C(C(=O)OCC(Cl)(Cl)Cl)C(O)CS[C@@H]12. The fraction of sp³-hybridized carbons (Fsp3) is 0.471. The molecule has 2 aliphatic rings. The third kappa shape index (κ3) is 4.86. The number of ether oxygens (including phenoxy) is 1. The molecule has 1 aromatic rings. The molecule has 4 atom stereocenters. The Morgan fingerprint density at radius 3 is 2.61 bits per heavy atom. The van der Waals surface area contributed by atoms with E-state index in [4.69, 9.17) is 39.5 Å². The molecule has 152 valence electrons. The Morgan fingerprint density at radius 2 is 1.96 bits per heavy atom. The average molecular weight is 468 g/mol. The van der Waals surface area contributed by atoms with Crippen molar-refractivity contribution in [2.45, 2.75) is 33.8 Å². The Kier molecular flexibility index (Phi) is 6.66. The van der Waals surface area contributed by atoms with Gasteiger partial charge in [0.15, 0.2) is 6.04 Å². The van der Waals surface area contributed by atoms with Crippen molar-refractivity contribution < 1.29 is 24.2 Å². The highest BCUT2D eigenvalue weighted by Gasteiger charge is 2.58. The van der Waals surface area contributed by atoms with Gasteiger partial charge in [-0.15, -0.1) is 11.8 Å². The van der Waals surface area contributed by atoms with Gasteiger partial charge in [-0.2, -0.15) is 0 Å². The van der Waals surface area contributed by atoms with E-state index in [2.05, 4.69) is 5.32 Å². The van der Waals surface area contributed by atoms with Gasteiger partial charge in [-0.25, -0.2) is 4.79 Å². The summed E-state index contributed by atoms with van der Waals surface area (Å²) >= 11 is 18.0. The van der Waals surface area contributed by atoms with Gasteiger partial charge in [0, 0.05) is 5.75 Å². The van der Waals surface area contributed by atoms with Crippen LogP contribution in [-0.4, -0.2) is 67.5 Å². The van der Waals surface area contributed by atoms with Crippen molar-refractivity contribution in [1.82, 2.24) is 10.2 Å². The number of fused-ring (bicyclic) bond motifs is 1. The molecule has 2 fully saturated rings. The summed E-state index contributed by atoms with van der Waals surface area (Å²) in [5.41, 5.74) is 0.823. The van der Waals surface area contributed by atoms with E-state index in [1.54, 1.807) is 0 Å². The lowest BCUT2D eigenvalue weighted by Crippen LogP contribution is -2.76. The van der Waals surface area contributed by atoms with Crippen LogP contribution in [0.4, 0.5) is 0 Å². The van der Waals surface area contributed by atoms with Crippen molar-refractivity contribution in [3.05, 3.63) is 35.9 Å². The zero-order chi connectivity index (χ0) is 20.5.